The van der Waals surface area contributed by atoms with E-state index >= 15 is 0 Å². The number of hydrogen-bond acceptors (Lipinski definition) is 6. The second-order valence-electron chi connectivity index (χ2n) is 6.22. The lowest BCUT2D eigenvalue weighted by atomic mass is 10.1. The number of carbonyl (C=O) groups excluding carboxylic acids is 2. The predicted octanol–water partition coefficient (Wildman–Crippen LogP) is 5.38. The summed E-state index contributed by atoms with van der Waals surface area (Å²) in [5.41, 5.74) is 1.29. The zero-order chi connectivity index (χ0) is 21.0. The van der Waals surface area contributed by atoms with Gasteiger partial charge >= 0.3 is 0 Å². The van der Waals surface area contributed by atoms with E-state index in [0.29, 0.717) is 28.4 Å². The normalized spacial score (nSPS) is 15.2. The molecule has 1 saturated heterocycles. The first-order valence-electron chi connectivity index (χ1n) is 8.80. The first-order chi connectivity index (χ1) is 13.9. The van der Waals surface area contributed by atoms with E-state index in [-0.39, 0.29) is 17.5 Å². The molecule has 0 aliphatic carbocycles. The van der Waals surface area contributed by atoms with Crippen LogP contribution in [0.1, 0.15) is 24.5 Å². The maximum Gasteiger partial charge on any atom is 0.293 e. The number of benzene rings is 2. The van der Waals surface area contributed by atoms with Crippen molar-refractivity contribution in [2.45, 2.75) is 19.9 Å². The Morgan fingerprint density at radius 1 is 1.21 bits per heavy atom. The molecule has 29 heavy (non-hydrogen) atoms. The van der Waals surface area contributed by atoms with Crippen molar-refractivity contribution in [3.8, 4) is 5.75 Å². The van der Waals surface area contributed by atoms with Gasteiger partial charge in [-0.2, -0.15) is 0 Å². The summed E-state index contributed by atoms with van der Waals surface area (Å²) in [5.74, 6) is 0.233. The Hall–Kier alpha value is -2.65. The average molecular weight is 477 g/mol. The fourth-order valence-electron chi connectivity index (χ4n) is 2.66. The molecule has 1 aliphatic rings. The van der Waals surface area contributed by atoms with Crippen LogP contribution in [0.15, 0.2) is 51.8 Å². The summed E-state index contributed by atoms with van der Waals surface area (Å²) in [6, 6.07) is 11.3. The highest BCUT2D eigenvalue weighted by Crippen LogP contribution is 2.35. The van der Waals surface area contributed by atoms with Gasteiger partial charge in [-0.3, -0.25) is 24.6 Å². The standard InChI is InChI=1S/C20H17BrN2O5S/c1-2-9-28-17-8-5-15(21)10-14(17)11-18-19(24)22(20(25)29-18)12-13-3-6-16(7-4-13)23(26)27/h3-8,10-11H,2,9,12H2,1H3/b18-11+. The molecule has 2 amide bonds. The Labute approximate surface area is 180 Å². The van der Waals surface area contributed by atoms with Crippen molar-refractivity contribution in [1.82, 2.24) is 4.90 Å². The molecule has 7 nitrogen and oxygen atoms in total. The second kappa shape index (κ2) is 9.23. The van der Waals surface area contributed by atoms with Crippen LogP contribution in [-0.4, -0.2) is 27.6 Å². The molecule has 3 rings (SSSR count). The van der Waals surface area contributed by atoms with E-state index in [4.69, 9.17) is 4.74 Å². The molecule has 0 unspecified atom stereocenters. The number of hydrogen-bond donors (Lipinski definition) is 0. The summed E-state index contributed by atoms with van der Waals surface area (Å²) < 4.78 is 6.56. The van der Waals surface area contributed by atoms with Crippen LogP contribution in [0.25, 0.3) is 6.08 Å². The Morgan fingerprint density at radius 3 is 2.59 bits per heavy atom. The molecule has 1 fully saturated rings. The zero-order valence-electron chi connectivity index (χ0n) is 15.5. The maximum atomic E-state index is 12.8. The van der Waals surface area contributed by atoms with Crippen LogP contribution < -0.4 is 4.74 Å². The smallest absolute Gasteiger partial charge is 0.293 e. The van der Waals surface area contributed by atoms with Gasteiger partial charge in [-0.25, -0.2) is 0 Å². The minimum absolute atomic E-state index is 0.0444. The quantitative estimate of drug-likeness (QED) is 0.302. The minimum Gasteiger partial charge on any atom is -0.493 e. The maximum absolute atomic E-state index is 12.8. The highest BCUT2D eigenvalue weighted by molar-refractivity contribution is 9.10. The van der Waals surface area contributed by atoms with Gasteiger partial charge in [0.25, 0.3) is 16.8 Å². The molecule has 9 heteroatoms. The van der Waals surface area contributed by atoms with Crippen LogP contribution in [0.4, 0.5) is 10.5 Å². The molecule has 2 aromatic rings. The highest BCUT2D eigenvalue weighted by atomic mass is 79.9. The summed E-state index contributed by atoms with van der Waals surface area (Å²) in [4.78, 5) is 36.8. The van der Waals surface area contributed by atoms with E-state index in [2.05, 4.69) is 15.9 Å². The molecular formula is C20H17BrN2O5S. The summed E-state index contributed by atoms with van der Waals surface area (Å²) in [7, 11) is 0. The zero-order valence-corrected chi connectivity index (χ0v) is 17.9. The summed E-state index contributed by atoms with van der Waals surface area (Å²) >= 11 is 4.27. The van der Waals surface area contributed by atoms with Gasteiger partial charge < -0.3 is 4.74 Å². The number of amides is 2. The molecule has 1 heterocycles. The van der Waals surface area contributed by atoms with Crippen LogP contribution in [0.3, 0.4) is 0 Å². The lowest BCUT2D eigenvalue weighted by Gasteiger charge is -2.12. The van der Waals surface area contributed by atoms with Crippen LogP contribution in [0.5, 0.6) is 5.75 Å². The molecule has 0 radical (unpaired) electrons. The van der Waals surface area contributed by atoms with Gasteiger partial charge in [0, 0.05) is 22.2 Å². The fraction of sp³-hybridized carbons (Fsp3) is 0.200. The Morgan fingerprint density at radius 2 is 1.93 bits per heavy atom. The molecule has 0 bridgehead atoms. The van der Waals surface area contributed by atoms with Crippen LogP contribution >= 0.6 is 27.7 Å². The van der Waals surface area contributed by atoms with Crippen LogP contribution in [-0.2, 0) is 11.3 Å². The summed E-state index contributed by atoms with van der Waals surface area (Å²) in [6.45, 7) is 2.60. The van der Waals surface area contributed by atoms with E-state index in [0.717, 1.165) is 27.6 Å². The molecular weight excluding hydrogens is 460 g/mol. The monoisotopic (exact) mass is 476 g/mol. The number of ether oxygens (including phenoxy) is 1. The van der Waals surface area contributed by atoms with E-state index in [1.54, 1.807) is 6.08 Å². The van der Waals surface area contributed by atoms with Crippen molar-refractivity contribution in [2.75, 3.05) is 6.61 Å². The van der Waals surface area contributed by atoms with E-state index in [9.17, 15) is 19.7 Å². The van der Waals surface area contributed by atoms with E-state index < -0.39 is 10.8 Å². The summed E-state index contributed by atoms with van der Waals surface area (Å²) in [5, 5.41) is 10.4. The fourth-order valence-corrected chi connectivity index (χ4v) is 3.87. The number of thioether (sulfide) groups is 1. The Bertz CT molecular complexity index is 991. The first-order valence-corrected chi connectivity index (χ1v) is 10.4. The number of rotatable bonds is 7. The molecule has 1 aliphatic heterocycles. The largest absolute Gasteiger partial charge is 0.493 e. The third kappa shape index (κ3) is 5.04. The van der Waals surface area contributed by atoms with Gasteiger partial charge in [0.05, 0.1) is 23.0 Å². The number of non-ortho nitro benzene ring substituents is 1. The van der Waals surface area contributed by atoms with Crippen LogP contribution in [0.2, 0.25) is 0 Å². The van der Waals surface area contributed by atoms with Gasteiger partial charge in [-0.1, -0.05) is 35.0 Å². The van der Waals surface area contributed by atoms with Crippen molar-refractivity contribution < 1.29 is 19.2 Å². The molecule has 0 N–H and O–H groups in total. The molecule has 2 aromatic carbocycles. The molecule has 150 valence electrons. The number of imide groups is 1. The van der Waals surface area contributed by atoms with Crippen molar-refractivity contribution in [2.24, 2.45) is 0 Å². The van der Waals surface area contributed by atoms with Gasteiger partial charge in [0.2, 0.25) is 0 Å². The van der Waals surface area contributed by atoms with E-state index in [1.807, 2.05) is 25.1 Å². The van der Waals surface area contributed by atoms with Gasteiger partial charge in [-0.15, -0.1) is 0 Å². The average Bonchev–Trinajstić information content (AvgIpc) is 2.95. The first kappa shape index (κ1) is 21.1. The number of nitrogens with zero attached hydrogens (tertiary/aromatic N) is 2. The van der Waals surface area contributed by atoms with Crippen molar-refractivity contribution in [1.29, 1.82) is 0 Å². The molecule has 0 spiro atoms. The summed E-state index contributed by atoms with van der Waals surface area (Å²) in [6.07, 6.45) is 2.50. The molecule has 0 aromatic heterocycles. The van der Waals surface area contributed by atoms with Crippen molar-refractivity contribution >= 4 is 50.6 Å². The second-order valence-corrected chi connectivity index (χ2v) is 8.13. The lowest BCUT2D eigenvalue weighted by molar-refractivity contribution is -0.384. The minimum atomic E-state index is -0.497. The molecule has 0 saturated carbocycles. The van der Waals surface area contributed by atoms with Crippen molar-refractivity contribution in [3.05, 3.63) is 73.1 Å². The SMILES string of the molecule is CCCOc1ccc(Br)cc1/C=C1/SC(=O)N(Cc2ccc([N+](=O)[O-])cc2)C1=O. The van der Waals surface area contributed by atoms with Crippen LogP contribution in [0, 0.1) is 10.1 Å². The topological polar surface area (TPSA) is 89.8 Å². The third-order valence-electron chi connectivity index (χ3n) is 4.08. The number of halogens is 1. The Balaban J connectivity index is 1.81. The highest BCUT2D eigenvalue weighted by Gasteiger charge is 2.35. The van der Waals surface area contributed by atoms with Gasteiger partial charge in [0.15, 0.2) is 0 Å². The van der Waals surface area contributed by atoms with Gasteiger partial charge in [-0.05, 0) is 48.0 Å². The number of nitro benzene ring substituents is 1. The predicted molar refractivity (Wildman–Crippen MR) is 115 cm³/mol. The van der Waals surface area contributed by atoms with Crippen molar-refractivity contribution in [3.63, 3.8) is 0 Å². The number of nitro groups is 1. The Kier molecular flexibility index (Phi) is 6.71. The van der Waals surface area contributed by atoms with Gasteiger partial charge in [0.1, 0.15) is 5.75 Å². The lowest BCUT2D eigenvalue weighted by Crippen LogP contribution is -2.27. The third-order valence-corrected chi connectivity index (χ3v) is 5.48. The number of carbonyl (C=O) groups is 2. The van der Waals surface area contributed by atoms with E-state index in [1.165, 1.54) is 24.3 Å². The molecule has 0 atom stereocenters.